The Morgan fingerprint density at radius 3 is 2.36 bits per heavy atom. The van der Waals surface area contributed by atoms with Crippen LogP contribution in [-0.2, 0) is 11.3 Å². The molecule has 3 N–H and O–H groups in total. The Bertz CT molecular complexity index is 1170. The number of nitrogens with one attached hydrogen (secondary N) is 2. The van der Waals surface area contributed by atoms with Crippen LogP contribution in [0.1, 0.15) is 42.1 Å². The maximum Gasteiger partial charge on any atom is 0.307 e. The zero-order chi connectivity index (χ0) is 23.4. The molecule has 1 aliphatic heterocycles. The topological polar surface area (TPSA) is 81.7 Å². The summed E-state index contributed by atoms with van der Waals surface area (Å²) >= 11 is 0. The quantitative estimate of drug-likeness (QED) is 0.426. The lowest BCUT2D eigenvalue weighted by Crippen LogP contribution is -2.43. The summed E-state index contributed by atoms with van der Waals surface area (Å²) in [5.41, 5.74) is 2.17. The van der Waals surface area contributed by atoms with Crippen LogP contribution in [0.4, 0.5) is 21.5 Å². The molecule has 1 aliphatic rings. The van der Waals surface area contributed by atoms with Crippen molar-refractivity contribution in [1.29, 1.82) is 0 Å². The molecule has 0 aromatic heterocycles. The lowest BCUT2D eigenvalue weighted by atomic mass is 10.0. The first kappa shape index (κ1) is 22.3. The van der Waals surface area contributed by atoms with E-state index >= 15 is 0 Å². The van der Waals surface area contributed by atoms with E-state index in [-0.39, 0.29) is 18.5 Å². The Labute approximate surface area is 192 Å². The Kier molecular flexibility index (Phi) is 6.31. The number of rotatable bonds is 8. The minimum Gasteiger partial charge on any atom is -0.481 e. The second-order valence-electron chi connectivity index (χ2n) is 8.24. The summed E-state index contributed by atoms with van der Waals surface area (Å²) < 4.78 is 14.5. The average molecular weight is 448 g/mol. The molecule has 1 atom stereocenters. The van der Waals surface area contributed by atoms with Gasteiger partial charge in [-0.3, -0.25) is 9.59 Å². The van der Waals surface area contributed by atoms with Crippen LogP contribution in [0.2, 0.25) is 0 Å². The van der Waals surface area contributed by atoms with Gasteiger partial charge in [-0.25, -0.2) is 4.39 Å². The van der Waals surface area contributed by atoms with Gasteiger partial charge in [0.05, 0.1) is 29.9 Å². The summed E-state index contributed by atoms with van der Waals surface area (Å²) in [4.78, 5) is 26.4. The van der Waals surface area contributed by atoms with Crippen molar-refractivity contribution in [3.8, 4) is 0 Å². The van der Waals surface area contributed by atoms with E-state index in [0.29, 0.717) is 17.8 Å². The van der Waals surface area contributed by atoms with Gasteiger partial charge in [-0.05, 0) is 42.3 Å². The van der Waals surface area contributed by atoms with E-state index in [1.54, 1.807) is 18.2 Å². The van der Waals surface area contributed by atoms with Gasteiger partial charge in [0.1, 0.15) is 11.5 Å². The number of carboxylic acid groups (broad SMARTS) is 1. The first-order chi connectivity index (χ1) is 15.9. The minimum atomic E-state index is -0.906. The maximum absolute atomic E-state index is 14.5. The van der Waals surface area contributed by atoms with Gasteiger partial charge >= 0.3 is 5.97 Å². The van der Waals surface area contributed by atoms with Crippen LogP contribution in [0.25, 0.3) is 0 Å². The fraction of sp³-hybridized carbons (Fsp3) is 0.231. The normalized spacial score (nSPS) is 16.4. The van der Waals surface area contributed by atoms with E-state index in [1.807, 2.05) is 49.4 Å². The van der Waals surface area contributed by atoms with Crippen LogP contribution in [0.5, 0.6) is 0 Å². The second kappa shape index (κ2) is 9.32. The summed E-state index contributed by atoms with van der Waals surface area (Å²) in [7, 11) is 0. The maximum atomic E-state index is 14.5. The van der Waals surface area contributed by atoms with Crippen molar-refractivity contribution in [3.63, 3.8) is 0 Å². The fourth-order valence-electron chi connectivity index (χ4n) is 4.27. The van der Waals surface area contributed by atoms with Crippen LogP contribution >= 0.6 is 0 Å². The number of carboxylic acids is 1. The van der Waals surface area contributed by atoms with Crippen molar-refractivity contribution in [2.24, 2.45) is 0 Å². The van der Waals surface area contributed by atoms with E-state index in [2.05, 4.69) is 10.6 Å². The molecule has 0 fully saturated rings. The third-order valence-corrected chi connectivity index (χ3v) is 5.73. The van der Waals surface area contributed by atoms with Crippen molar-refractivity contribution in [2.75, 3.05) is 15.5 Å². The molecule has 3 aromatic rings. The summed E-state index contributed by atoms with van der Waals surface area (Å²) in [6.45, 7) is 2.26. The molecule has 0 saturated heterocycles. The van der Waals surface area contributed by atoms with Crippen molar-refractivity contribution >= 4 is 28.9 Å². The van der Waals surface area contributed by atoms with E-state index < -0.39 is 23.4 Å². The van der Waals surface area contributed by atoms with Crippen molar-refractivity contribution in [1.82, 2.24) is 0 Å². The van der Waals surface area contributed by atoms with Crippen LogP contribution in [0.15, 0.2) is 72.8 Å². The summed E-state index contributed by atoms with van der Waals surface area (Å²) in [5.74, 6) is -1.94. The van der Waals surface area contributed by atoms with Gasteiger partial charge in [-0.2, -0.15) is 0 Å². The molecule has 6 nitrogen and oxygen atoms in total. The molecule has 0 radical (unpaired) electrons. The highest BCUT2D eigenvalue weighted by molar-refractivity contribution is 6.06. The first-order valence-corrected chi connectivity index (χ1v) is 10.9. The van der Waals surface area contributed by atoms with Crippen LogP contribution in [0.3, 0.4) is 0 Å². The van der Waals surface area contributed by atoms with Crippen molar-refractivity contribution in [3.05, 3.63) is 89.7 Å². The molecule has 33 heavy (non-hydrogen) atoms. The zero-order valence-corrected chi connectivity index (χ0v) is 18.3. The number of aliphatic carboxylic acids is 1. The van der Waals surface area contributed by atoms with Gasteiger partial charge in [-0.1, -0.05) is 55.8 Å². The minimum absolute atomic E-state index is 0.00813. The monoisotopic (exact) mass is 447 g/mol. The van der Waals surface area contributed by atoms with Gasteiger partial charge in [0.15, 0.2) is 0 Å². The Morgan fingerprint density at radius 2 is 1.67 bits per heavy atom. The zero-order valence-electron chi connectivity index (χ0n) is 18.3. The lowest BCUT2D eigenvalue weighted by Gasteiger charge is -2.29. The molecule has 0 spiro atoms. The van der Waals surface area contributed by atoms with Gasteiger partial charge in [0, 0.05) is 5.69 Å². The molecule has 1 unspecified atom stereocenters. The lowest BCUT2D eigenvalue weighted by molar-refractivity contribution is -0.138. The van der Waals surface area contributed by atoms with Crippen LogP contribution < -0.4 is 15.5 Å². The SMILES string of the molecule is CCCC1(CC(=O)O)Nc2ccc(N(Cc3ccccc3)C(=O)c3ccccc3F)cc2N1. The fourth-order valence-corrected chi connectivity index (χ4v) is 4.27. The Balaban J connectivity index is 1.70. The first-order valence-electron chi connectivity index (χ1n) is 10.9. The van der Waals surface area contributed by atoms with E-state index in [4.69, 9.17) is 0 Å². The summed E-state index contributed by atoms with van der Waals surface area (Å²) in [6.07, 6.45) is 1.32. The van der Waals surface area contributed by atoms with Crippen molar-refractivity contribution < 1.29 is 19.1 Å². The highest BCUT2D eigenvalue weighted by atomic mass is 19.1. The number of fused-ring (bicyclic) bond motifs is 1. The molecule has 1 amide bonds. The van der Waals surface area contributed by atoms with Crippen molar-refractivity contribution in [2.45, 2.75) is 38.4 Å². The Hall–Kier alpha value is -3.87. The number of carbonyl (C=O) groups is 2. The Morgan fingerprint density at radius 1 is 0.970 bits per heavy atom. The van der Waals surface area contributed by atoms with E-state index in [9.17, 15) is 19.1 Å². The number of nitrogens with zero attached hydrogens (tertiary/aromatic N) is 1. The number of hydrogen-bond donors (Lipinski definition) is 3. The molecular formula is C26H26FN3O3. The molecule has 3 aromatic carbocycles. The predicted octanol–water partition coefficient (Wildman–Crippen LogP) is 5.48. The van der Waals surface area contributed by atoms with Crippen LogP contribution in [0, 0.1) is 5.82 Å². The molecule has 170 valence electrons. The number of halogens is 1. The van der Waals surface area contributed by atoms with Gasteiger partial charge in [0.25, 0.3) is 5.91 Å². The molecule has 0 aliphatic carbocycles. The third-order valence-electron chi connectivity index (χ3n) is 5.73. The summed E-state index contributed by atoms with van der Waals surface area (Å²) in [6, 6.07) is 20.8. The number of carbonyl (C=O) groups excluding carboxylic acids is 1. The smallest absolute Gasteiger partial charge is 0.307 e. The molecule has 0 saturated carbocycles. The highest BCUT2D eigenvalue weighted by Crippen LogP contribution is 2.40. The number of benzene rings is 3. The third kappa shape index (κ3) is 4.82. The molecule has 4 rings (SSSR count). The van der Waals surface area contributed by atoms with Gasteiger partial charge in [-0.15, -0.1) is 0 Å². The highest BCUT2D eigenvalue weighted by Gasteiger charge is 2.38. The van der Waals surface area contributed by atoms with Gasteiger partial charge in [0.2, 0.25) is 0 Å². The molecular weight excluding hydrogens is 421 g/mol. The van der Waals surface area contributed by atoms with Crippen LogP contribution in [-0.4, -0.2) is 22.6 Å². The van der Waals surface area contributed by atoms with Gasteiger partial charge < -0.3 is 20.6 Å². The molecule has 0 bridgehead atoms. The molecule has 7 heteroatoms. The predicted molar refractivity (Wildman–Crippen MR) is 127 cm³/mol. The number of anilines is 3. The van der Waals surface area contributed by atoms with E-state index in [0.717, 1.165) is 17.7 Å². The summed E-state index contributed by atoms with van der Waals surface area (Å²) in [5, 5.41) is 16.0. The average Bonchev–Trinajstić information content (AvgIpc) is 3.14. The number of amides is 1. The second-order valence-corrected chi connectivity index (χ2v) is 8.24. The molecule has 1 heterocycles. The van der Waals surface area contributed by atoms with E-state index in [1.165, 1.54) is 17.0 Å². The standard InChI is InChI=1S/C26H26FN3O3/c1-2-14-26(16-24(31)32)28-22-13-12-19(15-23(22)29-26)30(17-18-8-4-3-5-9-18)25(33)20-10-6-7-11-21(20)27/h3-13,15,28-29H,2,14,16-17H2,1H3,(H,31,32). The number of hydrogen-bond acceptors (Lipinski definition) is 4. The largest absolute Gasteiger partial charge is 0.481 e.